The average Bonchev–Trinajstić information content (AvgIpc) is 3.06. The lowest BCUT2D eigenvalue weighted by molar-refractivity contribution is 0.464. The molecule has 0 fully saturated rings. The van der Waals surface area contributed by atoms with Gasteiger partial charge in [0.05, 0.1) is 11.4 Å². The summed E-state index contributed by atoms with van der Waals surface area (Å²) in [4.78, 5) is 2.34. The number of nitrogens with zero attached hydrogens (tertiary/aromatic N) is 3. The van der Waals surface area contributed by atoms with Crippen molar-refractivity contribution < 1.29 is 12.8 Å². The molecule has 2 heterocycles. The maximum Gasteiger partial charge on any atom is 0.240 e. The number of nitrogens with one attached hydrogen (secondary N) is 1. The van der Waals surface area contributed by atoms with Gasteiger partial charge < -0.3 is 9.32 Å². The predicted octanol–water partition coefficient (Wildman–Crippen LogP) is 1.24. The SMILES string of the molecule is CCNS(=O)(=O)c1ccc2c(c1)N(Cc1nnc(C)o1)CC2. The molecule has 2 aromatic rings. The molecule has 7 nitrogen and oxygen atoms in total. The Balaban J connectivity index is 1.89. The fourth-order valence-electron chi connectivity index (χ4n) is 2.59. The predicted molar refractivity (Wildman–Crippen MR) is 81.1 cm³/mol. The Kier molecular flexibility index (Phi) is 3.88. The Labute approximate surface area is 129 Å². The van der Waals surface area contributed by atoms with Crippen molar-refractivity contribution in [2.45, 2.75) is 31.7 Å². The highest BCUT2D eigenvalue weighted by Gasteiger charge is 2.24. The van der Waals surface area contributed by atoms with E-state index in [2.05, 4.69) is 19.8 Å². The number of aryl methyl sites for hydroxylation is 1. The molecule has 0 spiro atoms. The van der Waals surface area contributed by atoms with E-state index in [1.165, 1.54) is 0 Å². The van der Waals surface area contributed by atoms with Crippen LogP contribution < -0.4 is 9.62 Å². The average molecular weight is 322 g/mol. The molecule has 118 valence electrons. The Morgan fingerprint density at radius 3 is 2.86 bits per heavy atom. The lowest BCUT2D eigenvalue weighted by atomic mass is 10.2. The van der Waals surface area contributed by atoms with Gasteiger partial charge in [-0.1, -0.05) is 13.0 Å². The first-order valence-electron chi connectivity index (χ1n) is 7.16. The van der Waals surface area contributed by atoms with E-state index in [1.54, 1.807) is 26.0 Å². The van der Waals surface area contributed by atoms with Crippen molar-refractivity contribution in [3.63, 3.8) is 0 Å². The summed E-state index contributed by atoms with van der Waals surface area (Å²) in [6, 6.07) is 5.24. The number of benzene rings is 1. The number of sulfonamides is 1. The van der Waals surface area contributed by atoms with E-state index in [4.69, 9.17) is 4.42 Å². The second-order valence-electron chi connectivity index (χ2n) is 5.18. The van der Waals surface area contributed by atoms with Gasteiger partial charge in [0.15, 0.2) is 0 Å². The number of hydrogen-bond acceptors (Lipinski definition) is 6. The van der Waals surface area contributed by atoms with E-state index in [0.717, 1.165) is 24.2 Å². The zero-order valence-corrected chi connectivity index (χ0v) is 13.4. The summed E-state index contributed by atoms with van der Waals surface area (Å²) in [7, 11) is -3.45. The molecule has 1 aromatic heterocycles. The van der Waals surface area contributed by atoms with E-state index < -0.39 is 10.0 Å². The minimum atomic E-state index is -3.45. The quantitative estimate of drug-likeness (QED) is 0.891. The molecule has 0 aliphatic carbocycles. The molecule has 0 atom stereocenters. The fraction of sp³-hybridized carbons (Fsp3) is 0.429. The Bertz CT molecular complexity index is 785. The number of aromatic nitrogens is 2. The van der Waals surface area contributed by atoms with E-state index in [1.807, 2.05) is 6.07 Å². The molecule has 0 saturated heterocycles. The van der Waals surface area contributed by atoms with Crippen LogP contribution in [0.5, 0.6) is 0 Å². The van der Waals surface area contributed by atoms with Gasteiger partial charge in [-0.2, -0.15) is 0 Å². The minimum absolute atomic E-state index is 0.279. The van der Waals surface area contributed by atoms with Crippen molar-refractivity contribution in [2.24, 2.45) is 0 Å². The molecule has 8 heteroatoms. The van der Waals surface area contributed by atoms with Gasteiger partial charge in [-0.25, -0.2) is 13.1 Å². The Morgan fingerprint density at radius 1 is 1.36 bits per heavy atom. The lowest BCUT2D eigenvalue weighted by Crippen LogP contribution is -2.24. The first-order chi connectivity index (χ1) is 10.5. The van der Waals surface area contributed by atoms with Gasteiger partial charge in [0.2, 0.25) is 21.8 Å². The van der Waals surface area contributed by atoms with Crippen LogP contribution in [-0.2, 0) is 23.0 Å². The van der Waals surface area contributed by atoms with Crippen LogP contribution >= 0.6 is 0 Å². The van der Waals surface area contributed by atoms with Crippen molar-refractivity contribution in [3.05, 3.63) is 35.5 Å². The fourth-order valence-corrected chi connectivity index (χ4v) is 3.66. The van der Waals surface area contributed by atoms with E-state index in [0.29, 0.717) is 24.9 Å². The third-order valence-electron chi connectivity index (χ3n) is 3.59. The molecule has 1 aliphatic rings. The molecule has 0 bridgehead atoms. The molecule has 0 unspecified atom stereocenters. The second kappa shape index (κ2) is 5.69. The Morgan fingerprint density at radius 2 is 2.18 bits per heavy atom. The summed E-state index contributed by atoms with van der Waals surface area (Å²) in [6.07, 6.45) is 0.879. The molecule has 3 rings (SSSR count). The van der Waals surface area contributed by atoms with E-state index in [9.17, 15) is 8.42 Å². The molecule has 0 radical (unpaired) electrons. The van der Waals surface area contributed by atoms with Gasteiger partial charge in [-0.15, -0.1) is 10.2 Å². The van der Waals surface area contributed by atoms with Crippen LogP contribution in [0.3, 0.4) is 0 Å². The smallest absolute Gasteiger partial charge is 0.240 e. The molecule has 1 aliphatic heterocycles. The first kappa shape index (κ1) is 15.0. The summed E-state index contributed by atoms with van der Waals surface area (Å²) in [6.45, 7) is 5.16. The van der Waals surface area contributed by atoms with Crippen LogP contribution in [-0.4, -0.2) is 31.7 Å². The zero-order valence-electron chi connectivity index (χ0n) is 12.5. The maximum atomic E-state index is 12.1. The van der Waals surface area contributed by atoms with Gasteiger partial charge in [-0.05, 0) is 24.1 Å². The maximum absolute atomic E-state index is 12.1. The van der Waals surface area contributed by atoms with Crippen molar-refractivity contribution in [1.29, 1.82) is 0 Å². The summed E-state index contributed by atoms with van der Waals surface area (Å²) in [5.41, 5.74) is 2.04. The minimum Gasteiger partial charge on any atom is -0.424 e. The molecule has 22 heavy (non-hydrogen) atoms. The lowest BCUT2D eigenvalue weighted by Gasteiger charge is -2.17. The highest BCUT2D eigenvalue weighted by atomic mass is 32.2. The summed E-state index contributed by atoms with van der Waals surface area (Å²) < 4.78 is 32.2. The standard InChI is InChI=1S/C14H18N4O3S/c1-3-15-22(19,20)12-5-4-11-6-7-18(13(11)8-12)9-14-17-16-10(2)21-14/h4-5,8,15H,3,6-7,9H2,1-2H3. The molecule has 0 amide bonds. The number of hydrogen-bond donors (Lipinski definition) is 1. The van der Waals surface area contributed by atoms with Crippen molar-refractivity contribution in [1.82, 2.24) is 14.9 Å². The number of fused-ring (bicyclic) bond motifs is 1. The normalized spacial score (nSPS) is 14.4. The third kappa shape index (κ3) is 2.84. The van der Waals surface area contributed by atoms with Crippen LogP contribution in [0.2, 0.25) is 0 Å². The largest absolute Gasteiger partial charge is 0.424 e. The molecular weight excluding hydrogens is 304 g/mol. The Hall–Kier alpha value is -1.93. The number of anilines is 1. The topological polar surface area (TPSA) is 88.3 Å². The van der Waals surface area contributed by atoms with Crippen LogP contribution in [0.1, 0.15) is 24.3 Å². The van der Waals surface area contributed by atoms with Gasteiger partial charge in [0.25, 0.3) is 0 Å². The second-order valence-corrected chi connectivity index (χ2v) is 6.95. The van der Waals surface area contributed by atoms with Crippen molar-refractivity contribution >= 4 is 15.7 Å². The van der Waals surface area contributed by atoms with Crippen LogP contribution in [0.15, 0.2) is 27.5 Å². The summed E-state index contributed by atoms with van der Waals surface area (Å²) in [5.74, 6) is 1.06. The van der Waals surface area contributed by atoms with Crippen molar-refractivity contribution in [3.8, 4) is 0 Å². The first-order valence-corrected chi connectivity index (χ1v) is 8.64. The van der Waals surface area contributed by atoms with Gasteiger partial charge in [0.1, 0.15) is 0 Å². The summed E-state index contributed by atoms with van der Waals surface area (Å²) in [5, 5.41) is 7.81. The zero-order chi connectivity index (χ0) is 15.7. The molecule has 0 saturated carbocycles. The highest BCUT2D eigenvalue weighted by molar-refractivity contribution is 7.89. The summed E-state index contributed by atoms with van der Waals surface area (Å²) >= 11 is 0. The molecule has 1 N–H and O–H groups in total. The molecular formula is C14H18N4O3S. The van der Waals surface area contributed by atoms with Crippen LogP contribution in [0.4, 0.5) is 5.69 Å². The van der Waals surface area contributed by atoms with E-state index >= 15 is 0 Å². The van der Waals surface area contributed by atoms with Crippen LogP contribution in [0, 0.1) is 6.92 Å². The van der Waals surface area contributed by atoms with Crippen molar-refractivity contribution in [2.75, 3.05) is 18.0 Å². The molecule has 1 aromatic carbocycles. The van der Waals surface area contributed by atoms with Gasteiger partial charge >= 0.3 is 0 Å². The van der Waals surface area contributed by atoms with E-state index in [-0.39, 0.29) is 4.90 Å². The van der Waals surface area contributed by atoms with Gasteiger partial charge in [-0.3, -0.25) is 0 Å². The third-order valence-corrected chi connectivity index (χ3v) is 5.13. The van der Waals surface area contributed by atoms with Crippen LogP contribution in [0.25, 0.3) is 0 Å². The van der Waals surface area contributed by atoms with Gasteiger partial charge in [0, 0.05) is 25.7 Å². The number of rotatable bonds is 5. The highest BCUT2D eigenvalue weighted by Crippen LogP contribution is 2.31. The monoisotopic (exact) mass is 322 g/mol.